The number of aryl methyl sites for hydroxylation is 3. The molecule has 0 bridgehead atoms. The fourth-order valence-corrected chi connectivity index (χ4v) is 2.60. The zero-order chi connectivity index (χ0) is 13.8. The summed E-state index contributed by atoms with van der Waals surface area (Å²) in [5.74, 6) is 1.63. The Bertz CT molecular complexity index is 674. The van der Waals surface area contributed by atoms with Crippen LogP contribution >= 0.6 is 0 Å². The van der Waals surface area contributed by atoms with Crippen molar-refractivity contribution in [1.82, 2.24) is 4.98 Å². The van der Waals surface area contributed by atoms with Crippen LogP contribution in [0, 0.1) is 20.8 Å². The lowest BCUT2D eigenvalue weighted by atomic mass is 10.0. The molecule has 1 aliphatic rings. The summed E-state index contributed by atoms with van der Waals surface area (Å²) >= 11 is 0. The van der Waals surface area contributed by atoms with Gasteiger partial charge in [0.15, 0.2) is 11.5 Å². The van der Waals surface area contributed by atoms with Crippen LogP contribution in [0.15, 0.2) is 12.1 Å². The Hall–Kier alpha value is -1.77. The minimum atomic E-state index is -0.312. The molecule has 0 unspecified atom stereocenters. The van der Waals surface area contributed by atoms with Gasteiger partial charge >= 0.3 is 0 Å². The summed E-state index contributed by atoms with van der Waals surface area (Å²) in [6, 6.07) is 4.24. The van der Waals surface area contributed by atoms with Gasteiger partial charge in [-0.1, -0.05) is 0 Å². The molecule has 1 aromatic heterocycles. The Labute approximate surface area is 113 Å². The van der Waals surface area contributed by atoms with Gasteiger partial charge in [-0.3, -0.25) is 0 Å². The van der Waals surface area contributed by atoms with E-state index >= 15 is 0 Å². The first-order valence-electron chi connectivity index (χ1n) is 6.61. The smallest absolute Gasteiger partial charge is 0.188 e. The Morgan fingerprint density at radius 1 is 1.05 bits per heavy atom. The molecular formula is C16H19NO2. The summed E-state index contributed by atoms with van der Waals surface area (Å²) < 4.78 is 12.0. The SMILES string of the molecule is Cc1cc(C)c2cc(C)c3c(c2n1)OC(C)(C)CO3. The Morgan fingerprint density at radius 3 is 2.53 bits per heavy atom. The molecule has 0 saturated heterocycles. The van der Waals surface area contributed by atoms with Gasteiger partial charge in [0, 0.05) is 11.1 Å². The number of aromatic nitrogens is 1. The molecule has 0 amide bonds. The number of benzene rings is 1. The van der Waals surface area contributed by atoms with Crippen LogP contribution in [-0.2, 0) is 0 Å². The van der Waals surface area contributed by atoms with Gasteiger partial charge in [0.1, 0.15) is 17.7 Å². The van der Waals surface area contributed by atoms with Gasteiger partial charge < -0.3 is 9.47 Å². The summed E-state index contributed by atoms with van der Waals surface area (Å²) in [5.41, 5.74) is 3.92. The molecule has 0 N–H and O–H groups in total. The number of ether oxygens (including phenoxy) is 2. The van der Waals surface area contributed by atoms with Crippen LogP contribution in [0.5, 0.6) is 11.5 Å². The highest BCUT2D eigenvalue weighted by atomic mass is 16.6. The highest BCUT2D eigenvalue weighted by Crippen LogP contribution is 2.43. The largest absolute Gasteiger partial charge is 0.485 e. The predicted molar refractivity (Wildman–Crippen MR) is 76.2 cm³/mol. The molecule has 1 aromatic carbocycles. The molecule has 3 heteroatoms. The topological polar surface area (TPSA) is 31.4 Å². The molecule has 0 saturated carbocycles. The lowest BCUT2D eigenvalue weighted by Crippen LogP contribution is -2.39. The normalized spacial score (nSPS) is 16.7. The molecule has 3 rings (SSSR count). The molecule has 0 aliphatic carbocycles. The van der Waals surface area contributed by atoms with E-state index in [0.717, 1.165) is 33.7 Å². The second-order valence-corrected chi connectivity index (χ2v) is 5.98. The van der Waals surface area contributed by atoms with Crippen molar-refractivity contribution in [2.75, 3.05) is 6.61 Å². The third kappa shape index (κ3) is 1.93. The maximum absolute atomic E-state index is 6.14. The molecule has 0 atom stereocenters. The van der Waals surface area contributed by atoms with Gasteiger partial charge in [-0.15, -0.1) is 0 Å². The number of pyridine rings is 1. The summed E-state index contributed by atoms with van der Waals surface area (Å²) in [5, 5.41) is 1.14. The number of nitrogens with zero attached hydrogens (tertiary/aromatic N) is 1. The molecule has 1 aliphatic heterocycles. The average molecular weight is 257 g/mol. The Kier molecular flexibility index (Phi) is 2.49. The van der Waals surface area contributed by atoms with Gasteiger partial charge in [0.2, 0.25) is 0 Å². The molecule has 0 fully saturated rings. The van der Waals surface area contributed by atoms with E-state index < -0.39 is 0 Å². The fraction of sp³-hybridized carbons (Fsp3) is 0.438. The molecule has 0 radical (unpaired) electrons. The van der Waals surface area contributed by atoms with E-state index in [2.05, 4.69) is 31.0 Å². The number of hydrogen-bond donors (Lipinski definition) is 0. The number of hydrogen-bond acceptors (Lipinski definition) is 3. The van der Waals surface area contributed by atoms with E-state index in [0.29, 0.717) is 6.61 Å². The highest BCUT2D eigenvalue weighted by Gasteiger charge is 2.31. The minimum absolute atomic E-state index is 0.312. The highest BCUT2D eigenvalue weighted by molar-refractivity contribution is 5.91. The zero-order valence-corrected chi connectivity index (χ0v) is 12.1. The van der Waals surface area contributed by atoms with Crippen LogP contribution in [0.4, 0.5) is 0 Å². The second-order valence-electron chi connectivity index (χ2n) is 5.98. The summed E-state index contributed by atoms with van der Waals surface area (Å²) in [7, 11) is 0. The standard InChI is InChI=1S/C16H19NO2/c1-9-6-11(3)17-13-12(9)7-10(2)14-15(13)19-16(4,5)8-18-14/h6-7H,8H2,1-5H3. The molecule has 19 heavy (non-hydrogen) atoms. The van der Waals surface area contributed by atoms with Crippen molar-refractivity contribution >= 4 is 10.9 Å². The molecule has 3 nitrogen and oxygen atoms in total. The van der Waals surface area contributed by atoms with E-state index in [9.17, 15) is 0 Å². The Morgan fingerprint density at radius 2 is 1.79 bits per heavy atom. The van der Waals surface area contributed by atoms with Crippen molar-refractivity contribution in [1.29, 1.82) is 0 Å². The Balaban J connectivity index is 2.37. The molecule has 2 heterocycles. The fourth-order valence-electron chi connectivity index (χ4n) is 2.60. The molecule has 0 spiro atoms. The van der Waals surface area contributed by atoms with E-state index in [1.54, 1.807) is 0 Å². The number of rotatable bonds is 0. The van der Waals surface area contributed by atoms with E-state index in [4.69, 9.17) is 9.47 Å². The van der Waals surface area contributed by atoms with Crippen LogP contribution in [0.25, 0.3) is 10.9 Å². The first-order valence-corrected chi connectivity index (χ1v) is 6.61. The van der Waals surface area contributed by atoms with Crippen molar-refractivity contribution in [3.05, 3.63) is 29.0 Å². The van der Waals surface area contributed by atoms with E-state index in [1.165, 1.54) is 5.56 Å². The van der Waals surface area contributed by atoms with Crippen LogP contribution < -0.4 is 9.47 Å². The van der Waals surface area contributed by atoms with Crippen molar-refractivity contribution in [2.24, 2.45) is 0 Å². The maximum Gasteiger partial charge on any atom is 0.188 e. The third-order valence-electron chi connectivity index (χ3n) is 3.48. The summed E-state index contributed by atoms with van der Waals surface area (Å²) in [6.07, 6.45) is 0. The van der Waals surface area contributed by atoms with Gasteiger partial charge in [-0.05, 0) is 57.9 Å². The lowest BCUT2D eigenvalue weighted by Gasteiger charge is -2.33. The minimum Gasteiger partial charge on any atom is -0.485 e. The summed E-state index contributed by atoms with van der Waals surface area (Å²) in [4.78, 5) is 4.65. The van der Waals surface area contributed by atoms with E-state index in [-0.39, 0.29) is 5.60 Å². The third-order valence-corrected chi connectivity index (χ3v) is 3.48. The first kappa shape index (κ1) is 12.3. The second kappa shape index (κ2) is 3.86. The van der Waals surface area contributed by atoms with Crippen molar-refractivity contribution in [3.63, 3.8) is 0 Å². The lowest BCUT2D eigenvalue weighted by molar-refractivity contribution is 0.0224. The van der Waals surface area contributed by atoms with Crippen LogP contribution in [0.1, 0.15) is 30.7 Å². The van der Waals surface area contributed by atoms with Crippen molar-refractivity contribution in [2.45, 2.75) is 40.2 Å². The number of fused-ring (bicyclic) bond motifs is 3. The van der Waals surface area contributed by atoms with Gasteiger partial charge in [-0.25, -0.2) is 4.98 Å². The predicted octanol–water partition coefficient (Wildman–Crippen LogP) is 3.71. The van der Waals surface area contributed by atoms with Crippen LogP contribution in [-0.4, -0.2) is 17.2 Å². The molecule has 100 valence electrons. The quantitative estimate of drug-likeness (QED) is 0.721. The molecule has 2 aromatic rings. The van der Waals surface area contributed by atoms with Gasteiger partial charge in [0.05, 0.1) is 0 Å². The van der Waals surface area contributed by atoms with Crippen molar-refractivity contribution < 1.29 is 9.47 Å². The first-order chi connectivity index (χ1) is 8.87. The summed E-state index contributed by atoms with van der Waals surface area (Å²) in [6.45, 7) is 10.8. The average Bonchev–Trinajstić information content (AvgIpc) is 2.30. The van der Waals surface area contributed by atoms with Crippen molar-refractivity contribution in [3.8, 4) is 11.5 Å². The van der Waals surface area contributed by atoms with Crippen LogP contribution in [0.3, 0.4) is 0 Å². The molecular weight excluding hydrogens is 238 g/mol. The van der Waals surface area contributed by atoms with E-state index in [1.807, 2.05) is 20.8 Å². The van der Waals surface area contributed by atoms with Gasteiger partial charge in [-0.2, -0.15) is 0 Å². The monoisotopic (exact) mass is 257 g/mol. The zero-order valence-electron chi connectivity index (χ0n) is 12.1. The maximum atomic E-state index is 6.14. The van der Waals surface area contributed by atoms with Crippen LogP contribution in [0.2, 0.25) is 0 Å². The van der Waals surface area contributed by atoms with Gasteiger partial charge in [0.25, 0.3) is 0 Å².